The van der Waals surface area contributed by atoms with E-state index in [9.17, 15) is 18.0 Å². The summed E-state index contributed by atoms with van der Waals surface area (Å²) in [6.07, 6.45) is 0. The zero-order valence-corrected chi connectivity index (χ0v) is 19.3. The summed E-state index contributed by atoms with van der Waals surface area (Å²) in [5.41, 5.74) is 1.55. The lowest BCUT2D eigenvalue weighted by atomic mass is 10.2. The summed E-state index contributed by atoms with van der Waals surface area (Å²) in [6, 6.07) is 23.6. The average Bonchev–Trinajstić information content (AvgIpc) is 2.82. The van der Waals surface area contributed by atoms with Crippen molar-refractivity contribution in [2.24, 2.45) is 0 Å². The minimum absolute atomic E-state index is 0.0428. The van der Waals surface area contributed by atoms with Crippen molar-refractivity contribution in [2.45, 2.75) is 31.3 Å². The molecule has 3 aromatic carbocycles. The van der Waals surface area contributed by atoms with Gasteiger partial charge in [0.25, 0.3) is 5.91 Å². The van der Waals surface area contributed by atoms with Crippen molar-refractivity contribution < 1.29 is 22.7 Å². The molecule has 0 aromatic heterocycles. The third-order valence-corrected chi connectivity index (χ3v) is 6.23. The van der Waals surface area contributed by atoms with Crippen LogP contribution in [0.2, 0.25) is 0 Å². The summed E-state index contributed by atoms with van der Waals surface area (Å²) in [5, 5.41) is 0. The first-order valence-electron chi connectivity index (χ1n) is 10.5. The number of carbonyl (C=O) groups is 2. The Labute approximate surface area is 194 Å². The summed E-state index contributed by atoms with van der Waals surface area (Å²) < 4.78 is 33.0. The number of anilines is 1. The molecule has 172 valence electrons. The van der Waals surface area contributed by atoms with Gasteiger partial charge in [0.05, 0.1) is 10.5 Å². The molecule has 0 aliphatic heterocycles. The van der Waals surface area contributed by atoms with Crippen molar-refractivity contribution in [2.75, 3.05) is 11.5 Å². The van der Waals surface area contributed by atoms with Gasteiger partial charge >= 0.3 is 5.97 Å². The minimum atomic E-state index is -3.84. The van der Waals surface area contributed by atoms with E-state index in [2.05, 4.69) is 4.72 Å². The molecule has 0 fully saturated rings. The van der Waals surface area contributed by atoms with Gasteiger partial charge in [0.1, 0.15) is 0 Å². The summed E-state index contributed by atoms with van der Waals surface area (Å²) >= 11 is 0. The molecule has 1 amide bonds. The van der Waals surface area contributed by atoms with E-state index in [0.717, 1.165) is 5.56 Å². The third-order valence-electron chi connectivity index (χ3n) is 4.84. The van der Waals surface area contributed by atoms with Gasteiger partial charge in [0.15, 0.2) is 6.61 Å². The quantitative estimate of drug-likeness (QED) is 0.485. The highest BCUT2D eigenvalue weighted by Crippen LogP contribution is 2.17. The molecule has 0 heterocycles. The minimum Gasteiger partial charge on any atom is -0.452 e. The predicted molar refractivity (Wildman–Crippen MR) is 126 cm³/mol. The number of ether oxygens (including phenoxy) is 1. The molecule has 0 spiro atoms. The van der Waals surface area contributed by atoms with Crippen molar-refractivity contribution in [1.82, 2.24) is 4.72 Å². The number of para-hydroxylation sites is 1. The van der Waals surface area contributed by atoms with Crippen LogP contribution in [0.4, 0.5) is 5.69 Å². The van der Waals surface area contributed by atoms with E-state index in [0.29, 0.717) is 5.69 Å². The number of sulfonamides is 1. The van der Waals surface area contributed by atoms with E-state index >= 15 is 0 Å². The van der Waals surface area contributed by atoms with Crippen LogP contribution in [-0.4, -0.2) is 32.9 Å². The lowest BCUT2D eigenvalue weighted by Gasteiger charge is -2.26. The number of benzene rings is 3. The molecule has 0 aliphatic carbocycles. The van der Waals surface area contributed by atoms with Crippen LogP contribution in [0.15, 0.2) is 89.8 Å². The number of esters is 1. The Hall–Kier alpha value is -3.49. The number of hydrogen-bond acceptors (Lipinski definition) is 5. The molecule has 0 bridgehead atoms. The standard InChI is InChI=1S/C25H26N2O5S/c1-19(2)27(22-13-7-4-8-14-22)24(28)18-32-25(29)21-12-9-15-23(16-21)33(30,31)26-17-20-10-5-3-6-11-20/h3-16,19,26H,17-18H2,1-2H3. The van der Waals surface area contributed by atoms with Gasteiger partial charge in [-0.25, -0.2) is 17.9 Å². The summed E-state index contributed by atoms with van der Waals surface area (Å²) in [4.78, 5) is 26.7. The molecule has 0 saturated heterocycles. The second-order valence-electron chi connectivity index (χ2n) is 7.61. The molecule has 0 aliphatic rings. The van der Waals surface area contributed by atoms with Crippen molar-refractivity contribution in [3.63, 3.8) is 0 Å². The summed E-state index contributed by atoms with van der Waals surface area (Å²) in [6.45, 7) is 3.39. The van der Waals surface area contributed by atoms with E-state index in [1.165, 1.54) is 24.3 Å². The van der Waals surface area contributed by atoms with Gasteiger partial charge in [0.2, 0.25) is 10.0 Å². The Kier molecular flexibility index (Phi) is 7.97. The second kappa shape index (κ2) is 10.9. The average molecular weight is 467 g/mol. The molecule has 3 rings (SSSR count). The molecule has 0 unspecified atom stereocenters. The fourth-order valence-electron chi connectivity index (χ4n) is 3.25. The highest BCUT2D eigenvalue weighted by Gasteiger charge is 2.22. The van der Waals surface area contributed by atoms with Crippen LogP contribution < -0.4 is 9.62 Å². The molecule has 8 heteroatoms. The van der Waals surface area contributed by atoms with Crippen molar-refractivity contribution >= 4 is 27.6 Å². The largest absolute Gasteiger partial charge is 0.452 e. The van der Waals surface area contributed by atoms with Gasteiger partial charge in [-0.05, 0) is 49.7 Å². The van der Waals surface area contributed by atoms with E-state index in [4.69, 9.17) is 4.74 Å². The fourth-order valence-corrected chi connectivity index (χ4v) is 4.31. The first-order chi connectivity index (χ1) is 15.8. The lowest BCUT2D eigenvalue weighted by molar-refractivity contribution is -0.122. The Balaban J connectivity index is 1.66. The molecule has 33 heavy (non-hydrogen) atoms. The molecule has 7 nitrogen and oxygen atoms in total. The highest BCUT2D eigenvalue weighted by atomic mass is 32.2. The zero-order chi connectivity index (χ0) is 23.8. The van der Waals surface area contributed by atoms with Gasteiger partial charge in [-0.2, -0.15) is 0 Å². The maximum absolute atomic E-state index is 12.7. The molecular formula is C25H26N2O5S. The van der Waals surface area contributed by atoms with E-state index in [1.54, 1.807) is 17.0 Å². The molecule has 3 aromatic rings. The smallest absolute Gasteiger partial charge is 0.338 e. The SMILES string of the molecule is CC(C)N(C(=O)COC(=O)c1cccc(S(=O)(=O)NCc2ccccc2)c1)c1ccccc1. The number of hydrogen-bond donors (Lipinski definition) is 1. The molecule has 1 N–H and O–H groups in total. The number of amides is 1. The number of nitrogens with zero attached hydrogens (tertiary/aromatic N) is 1. The van der Waals surface area contributed by atoms with E-state index in [-0.39, 0.29) is 29.0 Å². The molecule has 0 saturated carbocycles. The maximum atomic E-state index is 12.7. The number of carbonyl (C=O) groups excluding carboxylic acids is 2. The first-order valence-corrected chi connectivity index (χ1v) is 11.9. The topological polar surface area (TPSA) is 92.8 Å². The van der Waals surface area contributed by atoms with Crippen LogP contribution in [0.25, 0.3) is 0 Å². The normalized spacial score (nSPS) is 11.2. The number of nitrogens with one attached hydrogen (secondary N) is 1. The maximum Gasteiger partial charge on any atom is 0.338 e. The fraction of sp³-hybridized carbons (Fsp3) is 0.200. The Morgan fingerprint density at radius 1 is 0.909 bits per heavy atom. The lowest BCUT2D eigenvalue weighted by Crippen LogP contribution is -2.39. The molecular weight excluding hydrogens is 440 g/mol. The van der Waals surface area contributed by atoms with Crippen LogP contribution in [0.3, 0.4) is 0 Å². The molecule has 0 atom stereocenters. The Morgan fingerprint density at radius 3 is 2.18 bits per heavy atom. The summed E-state index contributed by atoms with van der Waals surface area (Å²) in [7, 11) is -3.84. The van der Waals surface area contributed by atoms with Gasteiger partial charge < -0.3 is 9.64 Å². The van der Waals surface area contributed by atoms with Crippen LogP contribution in [0.5, 0.6) is 0 Å². The van der Waals surface area contributed by atoms with Crippen LogP contribution >= 0.6 is 0 Å². The second-order valence-corrected chi connectivity index (χ2v) is 9.37. The van der Waals surface area contributed by atoms with Crippen molar-refractivity contribution in [3.05, 3.63) is 96.1 Å². The van der Waals surface area contributed by atoms with Gasteiger partial charge in [-0.3, -0.25) is 4.79 Å². The van der Waals surface area contributed by atoms with Crippen molar-refractivity contribution in [3.8, 4) is 0 Å². The van der Waals surface area contributed by atoms with E-state index < -0.39 is 22.6 Å². The van der Waals surface area contributed by atoms with Crippen LogP contribution in [0, 0.1) is 0 Å². The van der Waals surface area contributed by atoms with E-state index in [1.807, 2.05) is 62.4 Å². The molecule has 0 radical (unpaired) electrons. The summed E-state index contributed by atoms with van der Waals surface area (Å²) in [5.74, 6) is -1.15. The Morgan fingerprint density at radius 2 is 1.55 bits per heavy atom. The number of rotatable bonds is 9. The zero-order valence-electron chi connectivity index (χ0n) is 18.5. The van der Waals surface area contributed by atoms with Gasteiger partial charge in [-0.15, -0.1) is 0 Å². The Bertz CT molecular complexity index is 1200. The first kappa shape index (κ1) is 24.2. The highest BCUT2D eigenvalue weighted by molar-refractivity contribution is 7.89. The predicted octanol–water partition coefficient (Wildman–Crippen LogP) is 3.76. The van der Waals surface area contributed by atoms with Gasteiger partial charge in [-0.1, -0.05) is 54.6 Å². The van der Waals surface area contributed by atoms with Crippen LogP contribution in [0.1, 0.15) is 29.8 Å². The van der Waals surface area contributed by atoms with Crippen LogP contribution in [-0.2, 0) is 26.1 Å². The van der Waals surface area contributed by atoms with Gasteiger partial charge in [0, 0.05) is 18.3 Å². The monoisotopic (exact) mass is 466 g/mol. The third kappa shape index (κ3) is 6.50. The van der Waals surface area contributed by atoms with Crippen molar-refractivity contribution in [1.29, 1.82) is 0 Å².